The van der Waals surface area contributed by atoms with Crippen molar-refractivity contribution in [1.29, 1.82) is 0 Å². The molecule has 0 radical (unpaired) electrons. The molecular weight excluding hydrogens is 264 g/mol. The van der Waals surface area contributed by atoms with Gasteiger partial charge >= 0.3 is 5.97 Å². The van der Waals surface area contributed by atoms with Crippen molar-refractivity contribution >= 4 is 5.97 Å². The molecule has 0 heterocycles. The van der Waals surface area contributed by atoms with Gasteiger partial charge in [-0.2, -0.15) is 0 Å². The van der Waals surface area contributed by atoms with E-state index < -0.39 is 0 Å². The maximum Gasteiger partial charge on any atom is 0.332 e. The average molecular weight is 300 g/mol. The fraction of sp³-hybridized carbons (Fsp3) is 0.944. The van der Waals surface area contributed by atoms with Crippen molar-refractivity contribution in [2.45, 2.75) is 74.7 Å². The van der Waals surface area contributed by atoms with Gasteiger partial charge in [-0.05, 0) is 35.5 Å². The van der Waals surface area contributed by atoms with Crippen LogP contribution in [0.5, 0.6) is 0 Å². The summed E-state index contributed by atoms with van der Waals surface area (Å²) in [5, 5.41) is 0. The number of carbonyl (C=O) groups excluding carboxylic acids is 1. The molecule has 0 aromatic carbocycles. The fourth-order valence-corrected chi connectivity index (χ4v) is 1.71. The highest BCUT2D eigenvalue weighted by atomic mass is 16.6. The van der Waals surface area contributed by atoms with Gasteiger partial charge in [0.15, 0.2) is 0 Å². The second kappa shape index (κ2) is 8.17. The Balaban J connectivity index is 3.70. The second-order valence-corrected chi connectivity index (χ2v) is 8.86. The van der Waals surface area contributed by atoms with Crippen molar-refractivity contribution in [3.05, 3.63) is 0 Å². The molecule has 0 aliphatic carbocycles. The van der Waals surface area contributed by atoms with E-state index in [-0.39, 0.29) is 18.0 Å². The van der Waals surface area contributed by atoms with Gasteiger partial charge in [0.2, 0.25) is 0 Å². The molecule has 0 bridgehead atoms. The fourth-order valence-electron chi connectivity index (χ4n) is 1.71. The Kier molecular flexibility index (Phi) is 7.94. The van der Waals surface area contributed by atoms with Crippen LogP contribution in [0.15, 0.2) is 0 Å². The molecule has 0 aromatic heterocycles. The summed E-state index contributed by atoms with van der Waals surface area (Å²) in [6, 6.07) is 0. The van der Waals surface area contributed by atoms with Gasteiger partial charge in [0.05, 0.1) is 13.2 Å². The highest BCUT2D eigenvalue weighted by Crippen LogP contribution is 2.41. The maximum absolute atomic E-state index is 11.5. The van der Waals surface area contributed by atoms with Crippen LogP contribution in [-0.4, -0.2) is 25.8 Å². The largest absolute Gasteiger partial charge is 0.464 e. The number of unbranched alkanes of at least 4 members (excludes halogenated alkanes) is 1. The molecule has 21 heavy (non-hydrogen) atoms. The predicted molar refractivity (Wildman–Crippen MR) is 88.3 cm³/mol. The third-order valence-corrected chi connectivity index (χ3v) is 4.24. The summed E-state index contributed by atoms with van der Waals surface area (Å²) >= 11 is 0. The van der Waals surface area contributed by atoms with Crippen LogP contribution in [0.3, 0.4) is 0 Å². The van der Waals surface area contributed by atoms with Gasteiger partial charge in [0.25, 0.3) is 0 Å². The molecule has 0 rings (SSSR count). The monoisotopic (exact) mass is 300 g/mol. The number of ether oxygens (including phenoxy) is 2. The van der Waals surface area contributed by atoms with Crippen molar-refractivity contribution in [1.82, 2.24) is 0 Å². The van der Waals surface area contributed by atoms with Crippen LogP contribution in [0.25, 0.3) is 0 Å². The highest BCUT2D eigenvalue weighted by molar-refractivity contribution is 5.70. The zero-order valence-corrected chi connectivity index (χ0v) is 15.5. The average Bonchev–Trinajstić information content (AvgIpc) is 2.24. The highest BCUT2D eigenvalue weighted by Gasteiger charge is 2.31. The van der Waals surface area contributed by atoms with E-state index in [0.29, 0.717) is 24.0 Å². The summed E-state index contributed by atoms with van der Waals surface area (Å²) in [5.74, 6) is -0.255. The molecule has 126 valence electrons. The third kappa shape index (κ3) is 9.89. The second-order valence-electron chi connectivity index (χ2n) is 8.86. The molecule has 0 aromatic rings. The standard InChI is InChI=1S/C18H36O3/c1-16(2,3)14-20-13-15(19)21-12-10-9-11-18(7,8)17(4,5)6/h9-14H2,1-8H3. The molecule has 0 amide bonds. The number of hydrogen-bond donors (Lipinski definition) is 0. The number of hydrogen-bond acceptors (Lipinski definition) is 3. The normalized spacial score (nSPS) is 13.3. The van der Waals surface area contributed by atoms with Crippen LogP contribution in [-0.2, 0) is 14.3 Å². The lowest BCUT2D eigenvalue weighted by atomic mass is 9.67. The van der Waals surface area contributed by atoms with E-state index in [1.165, 1.54) is 0 Å². The summed E-state index contributed by atoms with van der Waals surface area (Å²) in [5.41, 5.74) is 0.677. The summed E-state index contributed by atoms with van der Waals surface area (Å²) in [7, 11) is 0. The Morgan fingerprint density at radius 1 is 0.905 bits per heavy atom. The minimum Gasteiger partial charge on any atom is -0.464 e. The van der Waals surface area contributed by atoms with E-state index in [4.69, 9.17) is 9.47 Å². The quantitative estimate of drug-likeness (QED) is 0.475. The Morgan fingerprint density at radius 2 is 1.48 bits per heavy atom. The van der Waals surface area contributed by atoms with Gasteiger partial charge in [-0.3, -0.25) is 0 Å². The first kappa shape index (κ1) is 20.4. The molecular formula is C18H36O3. The van der Waals surface area contributed by atoms with Gasteiger partial charge < -0.3 is 9.47 Å². The lowest BCUT2D eigenvalue weighted by Gasteiger charge is -2.39. The van der Waals surface area contributed by atoms with Crippen LogP contribution in [0.2, 0.25) is 0 Å². The predicted octanol–water partition coefficient (Wildman–Crippen LogP) is 4.83. The Bertz CT molecular complexity index is 305. The first-order valence-corrected chi connectivity index (χ1v) is 8.08. The van der Waals surface area contributed by atoms with Gasteiger partial charge in [-0.1, -0.05) is 55.4 Å². The van der Waals surface area contributed by atoms with E-state index in [2.05, 4.69) is 55.4 Å². The summed E-state index contributed by atoms with van der Waals surface area (Å²) in [6.07, 6.45) is 3.15. The molecule has 0 saturated heterocycles. The van der Waals surface area contributed by atoms with Crippen molar-refractivity contribution in [3.8, 4) is 0 Å². The van der Waals surface area contributed by atoms with Crippen LogP contribution in [0.4, 0.5) is 0 Å². The van der Waals surface area contributed by atoms with Gasteiger partial charge in [-0.15, -0.1) is 0 Å². The van der Waals surface area contributed by atoms with Crippen molar-refractivity contribution in [2.75, 3.05) is 19.8 Å². The molecule has 0 aliphatic heterocycles. The number of esters is 1. The van der Waals surface area contributed by atoms with E-state index in [1.54, 1.807) is 0 Å². The lowest BCUT2D eigenvalue weighted by molar-refractivity contribution is -0.150. The van der Waals surface area contributed by atoms with Crippen molar-refractivity contribution < 1.29 is 14.3 Å². The Hall–Kier alpha value is -0.570. The molecule has 0 fully saturated rings. The van der Waals surface area contributed by atoms with E-state index in [9.17, 15) is 4.79 Å². The summed E-state index contributed by atoms with van der Waals surface area (Å²) in [4.78, 5) is 11.5. The van der Waals surface area contributed by atoms with Crippen LogP contribution >= 0.6 is 0 Å². The zero-order chi connectivity index (χ0) is 16.7. The van der Waals surface area contributed by atoms with Gasteiger partial charge in [0.1, 0.15) is 6.61 Å². The van der Waals surface area contributed by atoms with Gasteiger partial charge in [0, 0.05) is 0 Å². The minimum atomic E-state index is -0.255. The van der Waals surface area contributed by atoms with Crippen LogP contribution in [0.1, 0.15) is 74.7 Å². The van der Waals surface area contributed by atoms with Crippen LogP contribution < -0.4 is 0 Å². The first-order chi connectivity index (χ1) is 9.35. The SMILES string of the molecule is CC(C)(C)COCC(=O)OCCCCC(C)(C)C(C)(C)C. The van der Waals surface area contributed by atoms with E-state index in [0.717, 1.165) is 19.3 Å². The minimum absolute atomic E-state index is 0.0603. The molecule has 3 heteroatoms. The van der Waals surface area contributed by atoms with Crippen molar-refractivity contribution in [3.63, 3.8) is 0 Å². The summed E-state index contributed by atoms with van der Waals surface area (Å²) < 4.78 is 10.5. The molecule has 0 spiro atoms. The van der Waals surface area contributed by atoms with E-state index in [1.807, 2.05) is 0 Å². The lowest BCUT2D eigenvalue weighted by Crippen LogP contribution is -2.29. The third-order valence-electron chi connectivity index (χ3n) is 4.24. The number of rotatable bonds is 8. The molecule has 0 N–H and O–H groups in total. The molecule has 0 unspecified atom stereocenters. The molecule has 0 saturated carbocycles. The summed E-state index contributed by atoms with van der Waals surface area (Å²) in [6.45, 7) is 18.8. The molecule has 3 nitrogen and oxygen atoms in total. The van der Waals surface area contributed by atoms with Crippen LogP contribution in [0, 0.1) is 16.2 Å². The zero-order valence-electron chi connectivity index (χ0n) is 15.5. The number of carbonyl (C=O) groups is 1. The smallest absolute Gasteiger partial charge is 0.332 e. The topological polar surface area (TPSA) is 35.5 Å². The molecule has 0 atom stereocenters. The van der Waals surface area contributed by atoms with Crippen molar-refractivity contribution in [2.24, 2.45) is 16.2 Å². The molecule has 0 aliphatic rings. The van der Waals surface area contributed by atoms with Gasteiger partial charge in [-0.25, -0.2) is 4.79 Å². The maximum atomic E-state index is 11.5. The first-order valence-electron chi connectivity index (χ1n) is 8.08. The Labute approximate surface area is 131 Å². The Morgan fingerprint density at radius 3 is 1.95 bits per heavy atom. The van der Waals surface area contributed by atoms with E-state index >= 15 is 0 Å².